The third kappa shape index (κ3) is 5.54. The number of nitrogens with zero attached hydrogens (tertiary/aromatic N) is 2. The van der Waals surface area contributed by atoms with Gasteiger partial charge >= 0.3 is 0 Å². The first-order chi connectivity index (χ1) is 15.6. The summed E-state index contributed by atoms with van der Waals surface area (Å²) in [5.74, 6) is 0.318. The second-order valence-corrected chi connectivity index (χ2v) is 7.24. The Balaban J connectivity index is 1.88. The molecule has 1 saturated heterocycles. The summed E-state index contributed by atoms with van der Waals surface area (Å²) in [6.45, 7) is 3.94. The van der Waals surface area contributed by atoms with Crippen LogP contribution in [0.5, 0.6) is 17.2 Å². The summed E-state index contributed by atoms with van der Waals surface area (Å²) in [4.78, 5) is 32.3. The Bertz CT molecular complexity index is 929. The number of Topliss-reactive ketones (excluding diaryl/α,β-unsaturated/α-hetero) is 1. The SMILES string of the molecule is COc1cc(NC(=O)c2cccnc2)c(C(=O)CCCN2CCOCC2)c(OC)c1OC. The Kier molecular flexibility index (Phi) is 8.41. The van der Waals surface area contributed by atoms with E-state index >= 15 is 0 Å². The molecule has 32 heavy (non-hydrogen) atoms. The standard InChI is InChI=1S/C23H29N3O6/c1-29-19-14-17(25-23(28)16-6-4-8-24-15-16)20(22(31-3)21(19)30-2)18(27)7-5-9-26-10-12-32-13-11-26/h4,6,8,14-15H,5,7,9-13H2,1-3H3,(H,25,28). The Morgan fingerprint density at radius 1 is 1.12 bits per heavy atom. The number of pyridine rings is 1. The summed E-state index contributed by atoms with van der Waals surface area (Å²) < 4.78 is 21.8. The second-order valence-electron chi connectivity index (χ2n) is 7.24. The molecule has 3 rings (SSSR count). The maximum atomic E-state index is 13.3. The van der Waals surface area contributed by atoms with Gasteiger partial charge in [0.1, 0.15) is 0 Å². The third-order valence-electron chi connectivity index (χ3n) is 5.26. The van der Waals surface area contributed by atoms with Gasteiger partial charge in [-0.2, -0.15) is 0 Å². The van der Waals surface area contributed by atoms with E-state index in [1.165, 1.54) is 27.5 Å². The molecular formula is C23H29N3O6. The highest BCUT2D eigenvalue weighted by atomic mass is 16.5. The summed E-state index contributed by atoms with van der Waals surface area (Å²) in [6.07, 6.45) is 4.00. The lowest BCUT2D eigenvalue weighted by Gasteiger charge is -2.26. The van der Waals surface area contributed by atoms with Gasteiger partial charge in [-0.3, -0.25) is 19.5 Å². The molecule has 1 fully saturated rings. The number of amides is 1. The molecule has 1 amide bonds. The van der Waals surface area contributed by atoms with Crippen LogP contribution in [-0.4, -0.2) is 75.8 Å². The van der Waals surface area contributed by atoms with Crippen LogP contribution in [0, 0.1) is 0 Å². The highest BCUT2D eigenvalue weighted by Crippen LogP contribution is 2.44. The van der Waals surface area contributed by atoms with Crippen LogP contribution in [0.1, 0.15) is 33.6 Å². The predicted octanol–water partition coefficient (Wildman–Crippen LogP) is 2.65. The summed E-state index contributed by atoms with van der Waals surface area (Å²) in [5, 5.41) is 2.81. The lowest BCUT2D eigenvalue weighted by atomic mass is 10.0. The first-order valence-electron chi connectivity index (χ1n) is 10.5. The molecule has 0 saturated carbocycles. The van der Waals surface area contributed by atoms with Crippen molar-refractivity contribution in [3.63, 3.8) is 0 Å². The molecule has 0 unspecified atom stereocenters. The Labute approximate surface area is 187 Å². The van der Waals surface area contributed by atoms with E-state index in [2.05, 4.69) is 15.2 Å². The Morgan fingerprint density at radius 3 is 2.50 bits per heavy atom. The molecule has 1 aromatic carbocycles. The Hall–Kier alpha value is -3.17. The fourth-order valence-corrected chi connectivity index (χ4v) is 3.64. The average molecular weight is 444 g/mol. The smallest absolute Gasteiger partial charge is 0.257 e. The van der Waals surface area contributed by atoms with Gasteiger partial charge in [-0.25, -0.2) is 0 Å². The molecule has 1 aliphatic heterocycles. The highest BCUT2D eigenvalue weighted by molar-refractivity contribution is 6.11. The first-order valence-corrected chi connectivity index (χ1v) is 10.5. The number of hydrogen-bond donors (Lipinski definition) is 1. The number of morpholine rings is 1. The van der Waals surface area contributed by atoms with Crippen LogP contribution in [0.3, 0.4) is 0 Å². The minimum absolute atomic E-state index is 0.155. The number of benzene rings is 1. The largest absolute Gasteiger partial charge is 0.493 e. The Morgan fingerprint density at radius 2 is 1.88 bits per heavy atom. The number of hydrogen-bond acceptors (Lipinski definition) is 8. The van der Waals surface area contributed by atoms with Crippen LogP contribution in [0.2, 0.25) is 0 Å². The van der Waals surface area contributed by atoms with Crippen LogP contribution in [0.15, 0.2) is 30.6 Å². The van der Waals surface area contributed by atoms with Crippen molar-refractivity contribution in [1.82, 2.24) is 9.88 Å². The molecule has 1 aromatic heterocycles. The number of ether oxygens (including phenoxy) is 4. The maximum Gasteiger partial charge on any atom is 0.257 e. The van der Waals surface area contributed by atoms with E-state index in [9.17, 15) is 9.59 Å². The van der Waals surface area contributed by atoms with Gasteiger partial charge in [0, 0.05) is 38.0 Å². The van der Waals surface area contributed by atoms with E-state index in [4.69, 9.17) is 18.9 Å². The van der Waals surface area contributed by atoms with Crippen molar-refractivity contribution in [3.05, 3.63) is 41.7 Å². The predicted molar refractivity (Wildman–Crippen MR) is 119 cm³/mol. The minimum Gasteiger partial charge on any atom is -0.493 e. The molecular weight excluding hydrogens is 414 g/mol. The van der Waals surface area contributed by atoms with E-state index in [1.807, 2.05) is 0 Å². The van der Waals surface area contributed by atoms with Crippen molar-refractivity contribution in [2.24, 2.45) is 0 Å². The second kappa shape index (κ2) is 11.4. The lowest BCUT2D eigenvalue weighted by molar-refractivity contribution is 0.0371. The molecule has 1 aliphatic rings. The van der Waals surface area contributed by atoms with Crippen LogP contribution >= 0.6 is 0 Å². The van der Waals surface area contributed by atoms with Crippen molar-refractivity contribution in [2.75, 3.05) is 59.5 Å². The van der Waals surface area contributed by atoms with E-state index in [0.29, 0.717) is 48.8 Å². The number of carbonyl (C=O) groups is 2. The summed E-state index contributed by atoms with van der Waals surface area (Å²) in [7, 11) is 4.41. The van der Waals surface area contributed by atoms with E-state index in [-0.39, 0.29) is 17.1 Å². The number of aromatic nitrogens is 1. The van der Waals surface area contributed by atoms with Crippen molar-refractivity contribution >= 4 is 17.4 Å². The fourth-order valence-electron chi connectivity index (χ4n) is 3.64. The van der Waals surface area contributed by atoms with E-state index in [1.54, 1.807) is 24.4 Å². The van der Waals surface area contributed by atoms with Crippen LogP contribution in [-0.2, 0) is 4.74 Å². The first kappa shape index (κ1) is 23.5. The third-order valence-corrected chi connectivity index (χ3v) is 5.26. The van der Waals surface area contributed by atoms with Gasteiger partial charge < -0.3 is 24.3 Å². The van der Waals surface area contributed by atoms with Gasteiger partial charge in [-0.05, 0) is 25.1 Å². The van der Waals surface area contributed by atoms with E-state index in [0.717, 1.165) is 19.6 Å². The number of carbonyl (C=O) groups excluding carboxylic acids is 2. The van der Waals surface area contributed by atoms with Crippen LogP contribution < -0.4 is 19.5 Å². The molecule has 0 radical (unpaired) electrons. The molecule has 9 nitrogen and oxygen atoms in total. The number of anilines is 1. The van der Waals surface area contributed by atoms with Gasteiger partial charge in [-0.1, -0.05) is 0 Å². The van der Waals surface area contributed by atoms with Gasteiger partial charge in [0.15, 0.2) is 17.3 Å². The van der Waals surface area contributed by atoms with Crippen LogP contribution in [0.4, 0.5) is 5.69 Å². The number of nitrogens with one attached hydrogen (secondary N) is 1. The average Bonchev–Trinajstić information content (AvgIpc) is 2.84. The van der Waals surface area contributed by atoms with Gasteiger partial charge in [0.2, 0.25) is 5.75 Å². The molecule has 0 atom stereocenters. The van der Waals surface area contributed by atoms with Gasteiger partial charge in [-0.15, -0.1) is 0 Å². The van der Waals surface area contributed by atoms with Gasteiger partial charge in [0.05, 0.1) is 51.4 Å². The van der Waals surface area contributed by atoms with E-state index < -0.39 is 5.91 Å². The van der Waals surface area contributed by atoms with Gasteiger partial charge in [0.25, 0.3) is 5.91 Å². The molecule has 2 aromatic rings. The summed E-state index contributed by atoms with van der Waals surface area (Å²) in [6, 6.07) is 4.89. The number of methoxy groups -OCH3 is 3. The number of ketones is 1. The summed E-state index contributed by atoms with van der Waals surface area (Å²) in [5.41, 5.74) is 0.918. The summed E-state index contributed by atoms with van der Waals surface area (Å²) >= 11 is 0. The molecule has 2 heterocycles. The lowest BCUT2D eigenvalue weighted by Crippen LogP contribution is -2.37. The highest BCUT2D eigenvalue weighted by Gasteiger charge is 2.26. The zero-order chi connectivity index (χ0) is 22.9. The normalized spacial score (nSPS) is 14.0. The molecule has 0 spiro atoms. The van der Waals surface area contributed by atoms with Crippen molar-refractivity contribution in [1.29, 1.82) is 0 Å². The molecule has 1 N–H and O–H groups in total. The maximum absolute atomic E-state index is 13.3. The monoisotopic (exact) mass is 443 g/mol. The zero-order valence-corrected chi connectivity index (χ0v) is 18.7. The number of rotatable bonds is 10. The molecule has 172 valence electrons. The molecule has 0 aliphatic carbocycles. The van der Waals surface area contributed by atoms with Crippen molar-refractivity contribution in [2.45, 2.75) is 12.8 Å². The molecule has 9 heteroatoms. The van der Waals surface area contributed by atoms with Crippen molar-refractivity contribution < 1.29 is 28.5 Å². The minimum atomic E-state index is -0.394. The zero-order valence-electron chi connectivity index (χ0n) is 18.7. The van der Waals surface area contributed by atoms with Crippen molar-refractivity contribution in [3.8, 4) is 17.2 Å². The topological polar surface area (TPSA) is 99.2 Å². The fraction of sp³-hybridized carbons (Fsp3) is 0.435. The van der Waals surface area contributed by atoms with Crippen LogP contribution in [0.25, 0.3) is 0 Å². The quantitative estimate of drug-likeness (QED) is 0.560. The molecule has 0 bridgehead atoms.